The van der Waals surface area contributed by atoms with E-state index in [2.05, 4.69) is 17.0 Å². The molecule has 7 heteroatoms. The van der Waals surface area contributed by atoms with Crippen LogP contribution in [0.15, 0.2) is 60.8 Å². The molecule has 0 unspecified atom stereocenters. The van der Waals surface area contributed by atoms with E-state index in [0.29, 0.717) is 23.2 Å². The molecule has 0 radical (unpaired) electrons. The van der Waals surface area contributed by atoms with E-state index in [9.17, 15) is 9.18 Å². The number of likely N-dealkylation sites (tertiary alicyclic amines) is 2. The first-order valence-corrected chi connectivity index (χ1v) is 12.0. The molecule has 0 aliphatic carbocycles. The van der Waals surface area contributed by atoms with Gasteiger partial charge in [-0.3, -0.25) is 4.79 Å². The smallest absolute Gasteiger partial charge is 0.291 e. The van der Waals surface area contributed by atoms with E-state index in [1.54, 1.807) is 24.4 Å². The summed E-state index contributed by atoms with van der Waals surface area (Å²) in [6.07, 6.45) is 6.35. The third-order valence-electron chi connectivity index (χ3n) is 7.27. The molecule has 2 aliphatic heterocycles. The number of carbonyl (C=O) groups excluding carboxylic acids is 1. The predicted molar refractivity (Wildman–Crippen MR) is 128 cm³/mol. The zero-order valence-electron chi connectivity index (χ0n) is 19.5. The van der Waals surface area contributed by atoms with Crippen molar-refractivity contribution in [3.63, 3.8) is 0 Å². The summed E-state index contributed by atoms with van der Waals surface area (Å²) in [6.45, 7) is 4.05. The van der Waals surface area contributed by atoms with Crippen LogP contribution < -0.4 is 4.74 Å². The lowest BCUT2D eigenvalue weighted by molar-refractivity contribution is -0.923. The number of piperidine rings is 1. The Morgan fingerprint density at radius 1 is 0.971 bits per heavy atom. The van der Waals surface area contributed by atoms with Crippen molar-refractivity contribution in [3.8, 4) is 22.8 Å². The largest absolute Gasteiger partial charge is 0.457 e. The molecule has 0 spiro atoms. The lowest BCUT2D eigenvalue weighted by Crippen LogP contribution is -2.55. The Balaban J connectivity index is 1.23. The molecule has 2 saturated heterocycles. The van der Waals surface area contributed by atoms with Crippen LogP contribution in [-0.4, -0.2) is 64.5 Å². The van der Waals surface area contributed by atoms with E-state index in [4.69, 9.17) is 4.74 Å². The summed E-state index contributed by atoms with van der Waals surface area (Å²) in [5, 5.41) is 0. The monoisotopic (exact) mass is 461 g/mol. The van der Waals surface area contributed by atoms with Crippen LogP contribution in [0.5, 0.6) is 11.5 Å². The molecule has 0 bridgehead atoms. The molecule has 0 atom stereocenters. The molecule has 3 heterocycles. The zero-order valence-corrected chi connectivity index (χ0v) is 19.5. The van der Waals surface area contributed by atoms with Crippen molar-refractivity contribution >= 4 is 5.91 Å². The first-order valence-electron chi connectivity index (χ1n) is 12.0. The number of hydrogen-bond acceptors (Lipinski definition) is 4. The summed E-state index contributed by atoms with van der Waals surface area (Å²) in [7, 11) is 2.37. The maximum Gasteiger partial charge on any atom is 0.291 e. The van der Waals surface area contributed by atoms with E-state index < -0.39 is 0 Å². The number of hydrogen-bond donors (Lipinski definition) is 0. The number of ether oxygens (including phenoxy) is 1. The number of benzene rings is 2. The number of nitrogens with zero attached hydrogens (tertiary/aromatic N) is 4. The highest BCUT2D eigenvalue weighted by atomic mass is 19.1. The Bertz CT molecular complexity index is 1140. The molecular formula is C27H30FN4O2+. The van der Waals surface area contributed by atoms with Crippen molar-refractivity contribution in [1.29, 1.82) is 0 Å². The van der Waals surface area contributed by atoms with Crippen molar-refractivity contribution in [3.05, 3.63) is 72.4 Å². The highest BCUT2D eigenvalue weighted by molar-refractivity contribution is 5.91. The molecule has 2 aromatic carbocycles. The molecule has 1 amide bonds. The summed E-state index contributed by atoms with van der Waals surface area (Å²) in [5.74, 6) is 1.04. The second kappa shape index (κ2) is 9.50. The first-order chi connectivity index (χ1) is 16.5. The van der Waals surface area contributed by atoms with Gasteiger partial charge >= 0.3 is 0 Å². The van der Waals surface area contributed by atoms with E-state index in [-0.39, 0.29) is 17.5 Å². The van der Waals surface area contributed by atoms with Crippen LogP contribution in [0.1, 0.15) is 36.3 Å². The second-order valence-corrected chi connectivity index (χ2v) is 9.50. The van der Waals surface area contributed by atoms with Gasteiger partial charge in [0.2, 0.25) is 5.82 Å². The number of carbonyl (C=O) groups is 1. The van der Waals surface area contributed by atoms with Crippen LogP contribution in [0, 0.1) is 5.82 Å². The van der Waals surface area contributed by atoms with Crippen LogP contribution in [0.3, 0.4) is 0 Å². The van der Waals surface area contributed by atoms with Crippen molar-refractivity contribution in [2.75, 3.05) is 33.2 Å². The van der Waals surface area contributed by atoms with Gasteiger partial charge in [-0.15, -0.1) is 0 Å². The van der Waals surface area contributed by atoms with Gasteiger partial charge in [0.1, 0.15) is 17.3 Å². The maximum absolute atomic E-state index is 13.1. The Labute approximate surface area is 199 Å². The summed E-state index contributed by atoms with van der Waals surface area (Å²) >= 11 is 0. The summed E-state index contributed by atoms with van der Waals surface area (Å²) in [6, 6.07) is 15.8. The number of amides is 1. The number of aromatic nitrogens is 2. The van der Waals surface area contributed by atoms with Crippen molar-refractivity contribution < 1.29 is 18.4 Å². The number of rotatable bonds is 5. The van der Waals surface area contributed by atoms with E-state index in [1.807, 2.05) is 29.2 Å². The van der Waals surface area contributed by atoms with Gasteiger partial charge in [0.05, 0.1) is 31.9 Å². The van der Waals surface area contributed by atoms with Gasteiger partial charge in [0.15, 0.2) is 0 Å². The predicted octanol–water partition coefficient (Wildman–Crippen LogP) is 4.92. The summed E-state index contributed by atoms with van der Waals surface area (Å²) < 4.78 is 20.0. The molecule has 6 nitrogen and oxygen atoms in total. The van der Waals surface area contributed by atoms with Crippen molar-refractivity contribution in [2.24, 2.45) is 0 Å². The van der Waals surface area contributed by atoms with E-state index in [1.165, 1.54) is 38.1 Å². The second-order valence-electron chi connectivity index (χ2n) is 9.50. The minimum absolute atomic E-state index is 0.0966. The zero-order chi connectivity index (χ0) is 23.5. The minimum atomic E-state index is -0.302. The highest BCUT2D eigenvalue weighted by Gasteiger charge is 2.38. The summed E-state index contributed by atoms with van der Waals surface area (Å²) in [5.41, 5.74) is 1.56. The lowest BCUT2D eigenvalue weighted by atomic mass is 10.0. The molecule has 176 valence electrons. The molecule has 34 heavy (non-hydrogen) atoms. The van der Waals surface area contributed by atoms with Crippen molar-refractivity contribution in [1.82, 2.24) is 14.9 Å². The average Bonchev–Trinajstić information content (AvgIpc) is 3.33. The lowest BCUT2D eigenvalue weighted by Gasteiger charge is -2.42. The fourth-order valence-corrected chi connectivity index (χ4v) is 5.21. The van der Waals surface area contributed by atoms with Crippen LogP contribution in [-0.2, 0) is 0 Å². The topological polar surface area (TPSA) is 55.3 Å². The normalized spacial score (nSPS) is 18.1. The Kier molecular flexibility index (Phi) is 6.28. The van der Waals surface area contributed by atoms with Crippen LogP contribution in [0.2, 0.25) is 0 Å². The molecule has 0 N–H and O–H groups in total. The molecule has 5 rings (SSSR count). The van der Waals surface area contributed by atoms with Gasteiger partial charge in [-0.1, -0.05) is 0 Å². The number of quaternary nitrogens is 1. The fourth-order valence-electron chi connectivity index (χ4n) is 5.21. The Morgan fingerprint density at radius 2 is 1.59 bits per heavy atom. The fraction of sp³-hybridized carbons (Fsp3) is 0.370. The molecule has 2 aliphatic rings. The van der Waals surface area contributed by atoms with Crippen LogP contribution in [0.4, 0.5) is 4.39 Å². The third-order valence-corrected chi connectivity index (χ3v) is 7.27. The SMILES string of the molecule is C[N+]1(C2CCN(C(=O)c3nccc(-c4ccc(Oc5ccc(F)cc5)cc4)n3)CC2)CCCC1. The van der Waals surface area contributed by atoms with Crippen LogP contribution in [0.25, 0.3) is 11.3 Å². The Hall–Kier alpha value is -3.32. The van der Waals surface area contributed by atoms with Gasteiger partial charge in [-0.05, 0) is 54.6 Å². The quantitative estimate of drug-likeness (QED) is 0.506. The van der Waals surface area contributed by atoms with E-state index in [0.717, 1.165) is 36.0 Å². The van der Waals surface area contributed by atoms with Gasteiger partial charge < -0.3 is 14.1 Å². The van der Waals surface area contributed by atoms with E-state index >= 15 is 0 Å². The molecule has 3 aromatic rings. The van der Waals surface area contributed by atoms with Crippen molar-refractivity contribution in [2.45, 2.75) is 31.7 Å². The number of halogens is 1. The molecule has 2 fully saturated rings. The average molecular weight is 462 g/mol. The summed E-state index contributed by atoms with van der Waals surface area (Å²) in [4.78, 5) is 23.9. The molecule has 0 saturated carbocycles. The standard InChI is InChI=1S/C27H30FN4O2/c1-32(18-2-3-19-32)22-13-16-31(17-14-22)27(33)26-29-15-12-25(30-26)20-4-8-23(9-5-20)34-24-10-6-21(28)7-11-24/h4-12,15,22H,2-3,13-14,16-19H2,1H3/q+1. The Morgan fingerprint density at radius 3 is 2.24 bits per heavy atom. The molecular weight excluding hydrogens is 431 g/mol. The van der Waals surface area contributed by atoms with Gasteiger partial charge in [-0.25, -0.2) is 14.4 Å². The van der Waals surface area contributed by atoms with Gasteiger partial charge in [-0.2, -0.15) is 0 Å². The third kappa shape index (κ3) is 4.80. The van der Waals surface area contributed by atoms with Crippen LogP contribution >= 0.6 is 0 Å². The maximum atomic E-state index is 13.1. The molecule has 1 aromatic heterocycles. The van der Waals surface area contributed by atoms with Gasteiger partial charge in [0.25, 0.3) is 5.91 Å². The van der Waals surface area contributed by atoms with Gasteiger partial charge in [0, 0.05) is 50.5 Å². The highest BCUT2D eigenvalue weighted by Crippen LogP contribution is 2.29. The first kappa shape index (κ1) is 22.5. The minimum Gasteiger partial charge on any atom is -0.457 e.